The largest absolute Gasteiger partial charge is 0.354 e. The summed E-state index contributed by atoms with van der Waals surface area (Å²) in [6.07, 6.45) is 0.319. The number of amides is 4. The average Bonchev–Trinajstić information content (AvgIpc) is 2.95. The number of nitrogens with zero attached hydrogens (tertiary/aromatic N) is 2. The van der Waals surface area contributed by atoms with Crippen molar-refractivity contribution in [2.24, 2.45) is 5.41 Å². The Bertz CT molecular complexity index is 886. The monoisotopic (exact) mass is 438 g/mol. The third-order valence-electron chi connectivity index (χ3n) is 4.63. The second kappa shape index (κ2) is 9.66. The van der Waals surface area contributed by atoms with Crippen molar-refractivity contribution in [1.29, 1.82) is 0 Å². The highest BCUT2D eigenvalue weighted by Crippen LogP contribution is 2.27. The number of carbonyl (C=O) groups is 4. The maximum absolute atomic E-state index is 12.4. The van der Waals surface area contributed by atoms with Crippen LogP contribution in [-0.2, 0) is 9.59 Å². The Hall–Kier alpha value is -3.01. The minimum Gasteiger partial charge on any atom is -0.354 e. The van der Waals surface area contributed by atoms with E-state index in [0.717, 1.165) is 11.0 Å². The van der Waals surface area contributed by atoms with Crippen molar-refractivity contribution < 1.29 is 24.1 Å². The van der Waals surface area contributed by atoms with Crippen molar-refractivity contribution in [3.8, 4) is 0 Å². The van der Waals surface area contributed by atoms with Crippen molar-refractivity contribution in [3.63, 3.8) is 0 Å². The van der Waals surface area contributed by atoms with E-state index in [2.05, 4.69) is 10.6 Å². The first-order chi connectivity index (χ1) is 14.1. The third-order valence-corrected chi connectivity index (χ3v) is 5.30. The van der Waals surface area contributed by atoms with Crippen LogP contribution < -0.4 is 10.6 Å². The van der Waals surface area contributed by atoms with E-state index in [4.69, 9.17) is 11.6 Å². The van der Waals surface area contributed by atoms with E-state index >= 15 is 0 Å². The van der Waals surface area contributed by atoms with Crippen LogP contribution in [0.15, 0.2) is 18.2 Å². The molecule has 0 atom stereocenters. The fourth-order valence-corrected chi connectivity index (χ4v) is 2.88. The number of rotatable bonds is 10. The van der Waals surface area contributed by atoms with E-state index in [0.29, 0.717) is 0 Å². The number of halogens is 1. The number of hydrogen-bond donors (Lipinski definition) is 2. The minimum atomic E-state index is -0.696. The molecule has 0 aromatic heterocycles. The van der Waals surface area contributed by atoms with E-state index in [9.17, 15) is 29.3 Å². The topological polar surface area (TPSA) is 139 Å². The summed E-state index contributed by atoms with van der Waals surface area (Å²) in [5, 5.41) is 16.2. The van der Waals surface area contributed by atoms with Gasteiger partial charge in [-0.05, 0) is 26.3 Å². The molecule has 1 aliphatic heterocycles. The van der Waals surface area contributed by atoms with Crippen LogP contribution >= 0.6 is 11.6 Å². The molecule has 1 heterocycles. The molecule has 0 bridgehead atoms. The van der Waals surface area contributed by atoms with Crippen molar-refractivity contribution in [2.75, 3.05) is 25.5 Å². The number of nitrogens with one attached hydrogen (secondary N) is 2. The number of hydrogen-bond acceptors (Lipinski definition) is 6. The third kappa shape index (κ3) is 5.32. The summed E-state index contributed by atoms with van der Waals surface area (Å²) in [5.74, 6) is -1.46. The van der Waals surface area contributed by atoms with Gasteiger partial charge in [0.2, 0.25) is 11.8 Å². The van der Waals surface area contributed by atoms with Crippen LogP contribution in [-0.4, -0.2) is 59.0 Å². The SMILES string of the molecule is CC(C)(CCl)C(=O)NCCNC(=O)CCCN1C(=O)c2ccc([N+](=O)[O-])cc2C1=O. The molecule has 162 valence electrons. The number of non-ortho nitro benzene ring substituents is 1. The lowest BCUT2D eigenvalue weighted by atomic mass is 9.95. The molecule has 0 fully saturated rings. The highest BCUT2D eigenvalue weighted by molar-refractivity contribution is 6.21. The molecule has 10 nitrogen and oxygen atoms in total. The Kier molecular flexibility index (Phi) is 7.49. The van der Waals surface area contributed by atoms with Gasteiger partial charge in [0, 0.05) is 44.1 Å². The first-order valence-electron chi connectivity index (χ1n) is 9.34. The van der Waals surface area contributed by atoms with Crippen LogP contribution in [0.4, 0.5) is 5.69 Å². The number of nitro benzene ring substituents is 1. The Balaban J connectivity index is 1.75. The van der Waals surface area contributed by atoms with Gasteiger partial charge in [-0.2, -0.15) is 0 Å². The molecule has 0 spiro atoms. The standard InChI is InChI=1S/C19H23ClN4O6/c1-19(2,11-20)18(28)22-8-7-21-15(25)4-3-9-23-16(26)13-6-5-12(24(29)30)10-14(13)17(23)27/h5-6,10H,3-4,7-9,11H2,1-2H3,(H,21,25)(H,22,28). The van der Waals surface area contributed by atoms with Crippen LogP contribution in [0, 0.1) is 15.5 Å². The summed E-state index contributed by atoms with van der Waals surface area (Å²) in [7, 11) is 0. The Morgan fingerprint density at radius 1 is 1.13 bits per heavy atom. The molecule has 0 unspecified atom stereocenters. The molecule has 2 rings (SSSR count). The molecule has 30 heavy (non-hydrogen) atoms. The highest BCUT2D eigenvalue weighted by atomic mass is 35.5. The molecular formula is C19H23ClN4O6. The number of imide groups is 1. The average molecular weight is 439 g/mol. The first-order valence-corrected chi connectivity index (χ1v) is 9.87. The van der Waals surface area contributed by atoms with Gasteiger partial charge in [0.05, 0.1) is 21.5 Å². The summed E-state index contributed by atoms with van der Waals surface area (Å²) >= 11 is 5.72. The number of nitro groups is 1. The first kappa shape index (κ1) is 23.3. The summed E-state index contributed by atoms with van der Waals surface area (Å²) in [6.45, 7) is 3.94. The summed E-state index contributed by atoms with van der Waals surface area (Å²) < 4.78 is 0. The zero-order chi connectivity index (χ0) is 22.5. The molecule has 11 heteroatoms. The summed E-state index contributed by atoms with van der Waals surface area (Å²) in [5.41, 5.74) is -0.851. The molecule has 1 aromatic carbocycles. The zero-order valence-electron chi connectivity index (χ0n) is 16.7. The fourth-order valence-electron chi connectivity index (χ4n) is 2.76. The van der Waals surface area contributed by atoms with Crippen molar-refractivity contribution in [3.05, 3.63) is 39.4 Å². The second-order valence-electron chi connectivity index (χ2n) is 7.48. The van der Waals surface area contributed by atoms with Gasteiger partial charge < -0.3 is 10.6 Å². The Morgan fingerprint density at radius 2 is 1.77 bits per heavy atom. The lowest BCUT2D eigenvalue weighted by Crippen LogP contribution is -2.42. The van der Waals surface area contributed by atoms with Gasteiger partial charge in [0.1, 0.15) is 0 Å². The van der Waals surface area contributed by atoms with Gasteiger partial charge >= 0.3 is 0 Å². The molecule has 2 N–H and O–H groups in total. The molecule has 1 aromatic rings. The second-order valence-corrected chi connectivity index (χ2v) is 7.74. The minimum absolute atomic E-state index is 0.00531. The smallest absolute Gasteiger partial charge is 0.270 e. The molecule has 0 aliphatic carbocycles. The van der Waals surface area contributed by atoms with Gasteiger partial charge in [0.25, 0.3) is 17.5 Å². The van der Waals surface area contributed by atoms with Gasteiger partial charge in [-0.3, -0.25) is 34.2 Å². The van der Waals surface area contributed by atoms with Crippen molar-refractivity contribution in [2.45, 2.75) is 26.7 Å². The van der Waals surface area contributed by atoms with E-state index in [1.54, 1.807) is 13.8 Å². The molecule has 0 radical (unpaired) electrons. The normalized spacial score (nSPS) is 13.2. The lowest BCUT2D eigenvalue weighted by molar-refractivity contribution is -0.384. The van der Waals surface area contributed by atoms with Crippen LogP contribution in [0.1, 0.15) is 47.4 Å². The lowest BCUT2D eigenvalue weighted by Gasteiger charge is -2.20. The predicted molar refractivity (Wildman–Crippen MR) is 108 cm³/mol. The van der Waals surface area contributed by atoms with E-state index in [1.807, 2.05) is 0 Å². The molecule has 0 saturated carbocycles. The van der Waals surface area contributed by atoms with Gasteiger partial charge in [-0.25, -0.2) is 0 Å². The van der Waals surface area contributed by atoms with Crippen LogP contribution in [0.3, 0.4) is 0 Å². The summed E-state index contributed by atoms with van der Waals surface area (Å²) in [4.78, 5) is 59.7. The van der Waals surface area contributed by atoms with Crippen LogP contribution in [0.5, 0.6) is 0 Å². The van der Waals surface area contributed by atoms with Crippen molar-refractivity contribution in [1.82, 2.24) is 15.5 Å². The zero-order valence-corrected chi connectivity index (χ0v) is 17.5. The van der Waals surface area contributed by atoms with Crippen molar-refractivity contribution >= 4 is 40.9 Å². The van der Waals surface area contributed by atoms with Crippen LogP contribution in [0.25, 0.3) is 0 Å². The molecular weight excluding hydrogens is 416 g/mol. The van der Waals surface area contributed by atoms with Gasteiger partial charge in [0.15, 0.2) is 0 Å². The Morgan fingerprint density at radius 3 is 2.40 bits per heavy atom. The van der Waals surface area contributed by atoms with E-state index < -0.39 is 22.2 Å². The van der Waals surface area contributed by atoms with E-state index in [-0.39, 0.29) is 67.0 Å². The fraction of sp³-hybridized carbons (Fsp3) is 0.474. The quantitative estimate of drug-likeness (QED) is 0.186. The van der Waals surface area contributed by atoms with Gasteiger partial charge in [-0.15, -0.1) is 11.6 Å². The summed E-state index contributed by atoms with van der Waals surface area (Å²) in [6, 6.07) is 3.52. The van der Waals surface area contributed by atoms with E-state index in [1.165, 1.54) is 12.1 Å². The maximum atomic E-state index is 12.4. The number of benzene rings is 1. The molecule has 4 amide bonds. The predicted octanol–water partition coefficient (Wildman–Crippen LogP) is 1.47. The number of carbonyl (C=O) groups excluding carboxylic acids is 4. The number of fused-ring (bicyclic) bond motifs is 1. The van der Waals surface area contributed by atoms with Crippen LogP contribution in [0.2, 0.25) is 0 Å². The van der Waals surface area contributed by atoms with Gasteiger partial charge in [-0.1, -0.05) is 0 Å². The molecule has 1 aliphatic rings. The Labute approximate surface area is 178 Å². The maximum Gasteiger partial charge on any atom is 0.270 e. The molecule has 0 saturated heterocycles. The number of alkyl halides is 1. The highest BCUT2D eigenvalue weighted by Gasteiger charge is 2.36.